The fourth-order valence-electron chi connectivity index (χ4n) is 2.73. The van der Waals surface area contributed by atoms with Crippen molar-refractivity contribution in [2.45, 2.75) is 0 Å². The van der Waals surface area contributed by atoms with Gasteiger partial charge in [-0.3, -0.25) is 29.8 Å². The number of rotatable bonds is 6. The van der Waals surface area contributed by atoms with Crippen LogP contribution < -0.4 is 10.6 Å². The second kappa shape index (κ2) is 7.27. The summed E-state index contributed by atoms with van der Waals surface area (Å²) in [5.74, 6) is -2.31. The molecule has 1 saturated carbocycles. The van der Waals surface area contributed by atoms with E-state index in [2.05, 4.69) is 17.2 Å². The average molecular weight is 382 g/mol. The monoisotopic (exact) mass is 382 g/mol. The van der Waals surface area contributed by atoms with Crippen molar-refractivity contribution in [2.24, 2.45) is 11.8 Å². The molecule has 2 amide bonds. The standard InChI is InChI=1S/C18H14N4O6/c1-10-15(17(23)19-11-2-6-13(7-3-11)21(25)26)16(10)18(24)20-12-4-8-14(9-5-12)22(27)28/h2-9,15-16H,1H2,(H,19,23)(H,20,24)/t15-,16-/m0/s1. The molecular weight excluding hydrogens is 368 g/mol. The highest BCUT2D eigenvalue weighted by atomic mass is 16.6. The Balaban J connectivity index is 1.59. The molecule has 3 rings (SSSR count). The fourth-order valence-corrected chi connectivity index (χ4v) is 2.73. The Kier molecular flexibility index (Phi) is 4.86. The largest absolute Gasteiger partial charge is 0.326 e. The van der Waals surface area contributed by atoms with Crippen LogP contribution in [0.25, 0.3) is 0 Å². The molecule has 0 saturated heterocycles. The van der Waals surface area contributed by atoms with E-state index >= 15 is 0 Å². The van der Waals surface area contributed by atoms with Crippen LogP contribution in [0, 0.1) is 32.1 Å². The topological polar surface area (TPSA) is 144 Å². The minimum absolute atomic E-state index is 0.103. The molecule has 28 heavy (non-hydrogen) atoms. The lowest BCUT2D eigenvalue weighted by Gasteiger charge is -2.05. The van der Waals surface area contributed by atoms with Crippen molar-refractivity contribution >= 4 is 34.6 Å². The normalized spacial score (nSPS) is 17.5. The Morgan fingerprint density at radius 3 is 1.36 bits per heavy atom. The van der Waals surface area contributed by atoms with Crippen molar-refractivity contribution in [3.05, 3.63) is 80.9 Å². The maximum absolute atomic E-state index is 12.3. The molecule has 2 atom stereocenters. The molecular formula is C18H14N4O6. The van der Waals surface area contributed by atoms with Gasteiger partial charge in [-0.15, -0.1) is 0 Å². The summed E-state index contributed by atoms with van der Waals surface area (Å²) in [7, 11) is 0. The number of carbonyl (C=O) groups is 2. The third-order valence-electron chi connectivity index (χ3n) is 4.28. The van der Waals surface area contributed by atoms with Crippen molar-refractivity contribution in [3.8, 4) is 0 Å². The minimum atomic E-state index is -0.715. The maximum Gasteiger partial charge on any atom is 0.269 e. The number of nitrogens with zero attached hydrogens (tertiary/aromatic N) is 2. The van der Waals surface area contributed by atoms with Crippen LogP contribution in [0.5, 0.6) is 0 Å². The number of anilines is 2. The van der Waals surface area contributed by atoms with Gasteiger partial charge in [0.15, 0.2) is 0 Å². The predicted octanol–water partition coefficient (Wildman–Crippen LogP) is 2.88. The van der Waals surface area contributed by atoms with E-state index in [0.717, 1.165) is 0 Å². The van der Waals surface area contributed by atoms with Gasteiger partial charge in [0.1, 0.15) is 0 Å². The van der Waals surface area contributed by atoms with E-state index in [1.807, 2.05) is 0 Å². The lowest BCUT2D eigenvalue weighted by atomic mass is 10.2. The number of hydrogen-bond donors (Lipinski definition) is 2. The SMILES string of the molecule is C=C1[C@H](C(=O)Nc2ccc([N+](=O)[O-])cc2)[C@H]1C(=O)Nc1ccc([N+](=O)[O-])cc1. The lowest BCUT2D eigenvalue weighted by molar-refractivity contribution is -0.385. The molecule has 1 fully saturated rings. The molecule has 0 radical (unpaired) electrons. The van der Waals surface area contributed by atoms with Crippen molar-refractivity contribution in [1.82, 2.24) is 0 Å². The summed E-state index contributed by atoms with van der Waals surface area (Å²) in [6.45, 7) is 3.73. The average Bonchev–Trinajstić information content (AvgIpc) is 3.34. The number of carbonyl (C=O) groups excluding carboxylic acids is 2. The Morgan fingerprint density at radius 1 is 0.750 bits per heavy atom. The van der Waals surface area contributed by atoms with Crippen LogP contribution in [0.3, 0.4) is 0 Å². The van der Waals surface area contributed by atoms with Gasteiger partial charge in [0.05, 0.1) is 21.7 Å². The van der Waals surface area contributed by atoms with Gasteiger partial charge in [-0.2, -0.15) is 0 Å². The molecule has 2 aromatic rings. The highest BCUT2D eigenvalue weighted by Gasteiger charge is 2.52. The number of nitrogens with one attached hydrogen (secondary N) is 2. The molecule has 0 heterocycles. The first-order valence-corrected chi connectivity index (χ1v) is 8.07. The van der Waals surface area contributed by atoms with Crippen LogP contribution >= 0.6 is 0 Å². The molecule has 1 aliphatic carbocycles. The van der Waals surface area contributed by atoms with Gasteiger partial charge in [0, 0.05) is 35.6 Å². The molecule has 2 N–H and O–H groups in total. The zero-order valence-electron chi connectivity index (χ0n) is 14.3. The summed E-state index contributed by atoms with van der Waals surface area (Å²) in [5.41, 5.74) is 0.969. The highest BCUT2D eigenvalue weighted by molar-refractivity contribution is 6.08. The van der Waals surface area contributed by atoms with E-state index in [1.165, 1.54) is 48.5 Å². The molecule has 10 heteroatoms. The number of hydrogen-bond acceptors (Lipinski definition) is 6. The van der Waals surface area contributed by atoms with Crippen molar-refractivity contribution in [2.75, 3.05) is 10.6 Å². The van der Waals surface area contributed by atoms with E-state index < -0.39 is 33.5 Å². The highest BCUT2D eigenvalue weighted by Crippen LogP contribution is 2.45. The zero-order chi connectivity index (χ0) is 20.4. The Hall–Kier alpha value is -4.08. The zero-order valence-corrected chi connectivity index (χ0v) is 14.3. The first kappa shape index (κ1) is 18.7. The van der Waals surface area contributed by atoms with Gasteiger partial charge in [-0.1, -0.05) is 12.2 Å². The summed E-state index contributed by atoms with van der Waals surface area (Å²) in [6, 6.07) is 10.6. The van der Waals surface area contributed by atoms with Crippen molar-refractivity contribution < 1.29 is 19.4 Å². The number of nitro groups is 2. The Labute approximate surface area is 158 Å². The first-order valence-electron chi connectivity index (χ1n) is 8.07. The van der Waals surface area contributed by atoms with Gasteiger partial charge in [0.2, 0.25) is 11.8 Å². The number of amides is 2. The van der Waals surface area contributed by atoms with Gasteiger partial charge in [-0.25, -0.2) is 0 Å². The molecule has 0 unspecified atom stereocenters. The molecule has 0 aliphatic heterocycles. The van der Waals surface area contributed by atoms with Crippen LogP contribution in [0.4, 0.5) is 22.7 Å². The molecule has 0 aromatic heterocycles. The number of non-ortho nitro benzene ring substituents is 2. The van der Waals surface area contributed by atoms with E-state index in [0.29, 0.717) is 16.9 Å². The molecule has 0 spiro atoms. The Bertz CT molecular complexity index is 905. The van der Waals surface area contributed by atoms with Crippen LogP contribution in [0.15, 0.2) is 60.7 Å². The predicted molar refractivity (Wildman–Crippen MR) is 99.6 cm³/mol. The van der Waals surface area contributed by atoms with Crippen LogP contribution in [-0.4, -0.2) is 21.7 Å². The molecule has 142 valence electrons. The number of benzene rings is 2. The summed E-state index contributed by atoms with van der Waals surface area (Å²) in [5, 5.41) is 26.5. The molecule has 10 nitrogen and oxygen atoms in total. The third-order valence-corrected chi connectivity index (χ3v) is 4.28. The molecule has 2 aromatic carbocycles. The van der Waals surface area contributed by atoms with Crippen LogP contribution in [0.1, 0.15) is 0 Å². The first-order chi connectivity index (χ1) is 13.3. The van der Waals surface area contributed by atoms with Gasteiger partial charge >= 0.3 is 0 Å². The van der Waals surface area contributed by atoms with Gasteiger partial charge in [0.25, 0.3) is 11.4 Å². The summed E-state index contributed by atoms with van der Waals surface area (Å²) in [4.78, 5) is 44.9. The summed E-state index contributed by atoms with van der Waals surface area (Å²) < 4.78 is 0. The van der Waals surface area contributed by atoms with E-state index in [1.54, 1.807) is 0 Å². The smallest absolute Gasteiger partial charge is 0.269 e. The van der Waals surface area contributed by atoms with Gasteiger partial charge < -0.3 is 10.6 Å². The summed E-state index contributed by atoms with van der Waals surface area (Å²) in [6.07, 6.45) is 0. The maximum atomic E-state index is 12.3. The second-order valence-corrected chi connectivity index (χ2v) is 6.12. The van der Waals surface area contributed by atoms with Crippen molar-refractivity contribution in [1.29, 1.82) is 0 Å². The van der Waals surface area contributed by atoms with Crippen molar-refractivity contribution in [3.63, 3.8) is 0 Å². The quantitative estimate of drug-likeness (QED) is 0.446. The minimum Gasteiger partial charge on any atom is -0.326 e. The third kappa shape index (κ3) is 3.85. The fraction of sp³-hybridized carbons (Fsp3) is 0.111. The summed E-state index contributed by atoms with van der Waals surface area (Å²) >= 11 is 0. The molecule has 1 aliphatic rings. The van der Waals surface area contributed by atoms with Gasteiger partial charge in [-0.05, 0) is 24.3 Å². The lowest BCUT2D eigenvalue weighted by Crippen LogP contribution is -2.20. The Morgan fingerprint density at radius 2 is 1.07 bits per heavy atom. The second-order valence-electron chi connectivity index (χ2n) is 6.12. The molecule has 0 bridgehead atoms. The van der Waals surface area contributed by atoms with Crippen LogP contribution in [0.2, 0.25) is 0 Å². The van der Waals surface area contributed by atoms with E-state index in [-0.39, 0.29) is 11.4 Å². The van der Waals surface area contributed by atoms with Crippen LogP contribution in [-0.2, 0) is 9.59 Å². The number of nitro benzene ring substituents is 2. The van der Waals surface area contributed by atoms with E-state index in [9.17, 15) is 29.8 Å². The van der Waals surface area contributed by atoms with E-state index in [4.69, 9.17) is 0 Å².